The number of methoxy groups -OCH3 is 1. The molecule has 1 heterocycles. The molecule has 1 aliphatic heterocycles. The van der Waals surface area contributed by atoms with E-state index in [0.717, 1.165) is 17.3 Å². The van der Waals surface area contributed by atoms with Crippen LogP contribution < -0.4 is 14.8 Å². The summed E-state index contributed by atoms with van der Waals surface area (Å²) >= 11 is 3.01. The first-order valence-electron chi connectivity index (χ1n) is 9.94. The van der Waals surface area contributed by atoms with Gasteiger partial charge in [-0.15, -0.1) is 0 Å². The van der Waals surface area contributed by atoms with Gasteiger partial charge in [0.2, 0.25) is 0 Å². The van der Waals surface area contributed by atoms with Gasteiger partial charge >= 0.3 is 0 Å². The van der Waals surface area contributed by atoms with Crippen molar-refractivity contribution in [2.45, 2.75) is 20.3 Å². The number of benzene rings is 2. The molecule has 1 aliphatic rings. The average Bonchev–Trinajstić information content (AvgIpc) is 3.02. The van der Waals surface area contributed by atoms with Crippen molar-refractivity contribution in [2.24, 2.45) is 0 Å². The number of carbonyl (C=O) groups is 3. The molecular weight excluding hydrogens is 543 g/mol. The van der Waals surface area contributed by atoms with E-state index in [0.29, 0.717) is 44.2 Å². The first-order chi connectivity index (χ1) is 15.3. The van der Waals surface area contributed by atoms with Gasteiger partial charge in [-0.2, -0.15) is 0 Å². The zero-order valence-electron chi connectivity index (χ0n) is 17.9. The lowest BCUT2D eigenvalue weighted by Gasteiger charge is -2.14. The van der Waals surface area contributed by atoms with E-state index in [4.69, 9.17) is 9.47 Å². The van der Waals surface area contributed by atoms with E-state index < -0.39 is 0 Å². The van der Waals surface area contributed by atoms with Gasteiger partial charge < -0.3 is 14.8 Å². The Morgan fingerprint density at radius 2 is 1.94 bits per heavy atom. The lowest BCUT2D eigenvalue weighted by Crippen LogP contribution is -2.28. The molecule has 7 nitrogen and oxygen atoms in total. The van der Waals surface area contributed by atoms with E-state index in [1.54, 1.807) is 12.1 Å². The SMILES string of the molecule is CCCN1C(=O)S/C(=C/c2cc(I)c(OCC(=O)Nc3ccc(C)cc3)c(OC)c2)C1=O. The van der Waals surface area contributed by atoms with E-state index in [1.165, 1.54) is 12.0 Å². The molecule has 0 bridgehead atoms. The molecule has 0 spiro atoms. The Morgan fingerprint density at radius 3 is 2.59 bits per heavy atom. The van der Waals surface area contributed by atoms with Crippen LogP contribution in [0, 0.1) is 10.5 Å². The molecule has 0 atom stereocenters. The topological polar surface area (TPSA) is 84.9 Å². The predicted octanol–water partition coefficient (Wildman–Crippen LogP) is 5.07. The van der Waals surface area contributed by atoms with Crippen molar-refractivity contribution in [3.63, 3.8) is 0 Å². The lowest BCUT2D eigenvalue weighted by atomic mass is 10.2. The highest BCUT2D eigenvalue weighted by Gasteiger charge is 2.34. The predicted molar refractivity (Wildman–Crippen MR) is 134 cm³/mol. The van der Waals surface area contributed by atoms with E-state index in [2.05, 4.69) is 27.9 Å². The second-order valence-corrected chi connectivity index (χ2v) is 9.23. The van der Waals surface area contributed by atoms with Crippen LogP contribution in [0.15, 0.2) is 41.3 Å². The summed E-state index contributed by atoms with van der Waals surface area (Å²) in [6, 6.07) is 11.0. The van der Waals surface area contributed by atoms with Crippen LogP contribution in [0.2, 0.25) is 0 Å². The number of carbonyl (C=O) groups excluding carboxylic acids is 3. The molecular formula is C23H23IN2O5S. The van der Waals surface area contributed by atoms with Gasteiger partial charge in [-0.25, -0.2) is 0 Å². The van der Waals surface area contributed by atoms with Crippen molar-refractivity contribution >= 4 is 63.2 Å². The van der Waals surface area contributed by atoms with Crippen LogP contribution in [0.1, 0.15) is 24.5 Å². The molecule has 2 aromatic rings. The molecule has 1 saturated heterocycles. The third-order valence-electron chi connectivity index (χ3n) is 4.55. The Morgan fingerprint density at radius 1 is 1.22 bits per heavy atom. The van der Waals surface area contributed by atoms with Gasteiger partial charge in [0.25, 0.3) is 17.1 Å². The third kappa shape index (κ3) is 5.83. The largest absolute Gasteiger partial charge is 0.493 e. The first kappa shape index (κ1) is 24.1. The van der Waals surface area contributed by atoms with Crippen LogP contribution in [-0.4, -0.2) is 42.2 Å². The number of aryl methyl sites for hydroxylation is 1. The molecule has 0 radical (unpaired) electrons. The summed E-state index contributed by atoms with van der Waals surface area (Å²) in [5.41, 5.74) is 2.50. The summed E-state index contributed by atoms with van der Waals surface area (Å²) in [6.07, 6.45) is 2.37. The molecule has 0 saturated carbocycles. The highest BCUT2D eigenvalue weighted by molar-refractivity contribution is 14.1. The Hall–Kier alpha value is -2.53. The van der Waals surface area contributed by atoms with Crippen molar-refractivity contribution in [1.82, 2.24) is 4.90 Å². The first-order valence-corrected chi connectivity index (χ1v) is 11.8. The van der Waals surface area contributed by atoms with Crippen LogP contribution in [0.4, 0.5) is 10.5 Å². The van der Waals surface area contributed by atoms with Gasteiger partial charge in [0.05, 0.1) is 15.6 Å². The Bertz CT molecular complexity index is 1070. The van der Waals surface area contributed by atoms with Crippen LogP contribution in [-0.2, 0) is 9.59 Å². The molecule has 168 valence electrons. The van der Waals surface area contributed by atoms with Crippen molar-refractivity contribution in [3.8, 4) is 11.5 Å². The number of nitrogens with one attached hydrogen (secondary N) is 1. The number of imide groups is 1. The molecule has 0 aromatic heterocycles. The summed E-state index contributed by atoms with van der Waals surface area (Å²) in [5, 5.41) is 2.53. The molecule has 0 unspecified atom stereocenters. The highest BCUT2D eigenvalue weighted by Crippen LogP contribution is 2.37. The fourth-order valence-electron chi connectivity index (χ4n) is 3.00. The Kier molecular flexibility index (Phi) is 8.19. The summed E-state index contributed by atoms with van der Waals surface area (Å²) < 4.78 is 11.9. The summed E-state index contributed by atoms with van der Waals surface area (Å²) in [5.74, 6) is 0.284. The quantitative estimate of drug-likeness (QED) is 0.355. The minimum absolute atomic E-state index is 0.185. The molecule has 32 heavy (non-hydrogen) atoms. The summed E-state index contributed by atoms with van der Waals surface area (Å²) in [6.45, 7) is 4.11. The highest BCUT2D eigenvalue weighted by atomic mass is 127. The number of amides is 3. The van der Waals surface area contributed by atoms with Gasteiger partial charge in [0, 0.05) is 12.2 Å². The summed E-state index contributed by atoms with van der Waals surface area (Å²) in [7, 11) is 1.50. The zero-order chi connectivity index (χ0) is 23.3. The van der Waals surface area contributed by atoms with E-state index >= 15 is 0 Å². The average molecular weight is 566 g/mol. The second kappa shape index (κ2) is 10.9. The third-order valence-corrected chi connectivity index (χ3v) is 6.26. The molecule has 1 N–H and O–H groups in total. The van der Waals surface area contributed by atoms with E-state index in [1.807, 2.05) is 44.2 Å². The molecule has 3 rings (SSSR count). The number of halogens is 1. The van der Waals surface area contributed by atoms with Crippen molar-refractivity contribution in [3.05, 3.63) is 56.0 Å². The normalized spacial score (nSPS) is 14.8. The molecule has 9 heteroatoms. The number of anilines is 1. The number of ether oxygens (including phenoxy) is 2. The smallest absolute Gasteiger partial charge is 0.293 e. The number of nitrogens with zero attached hydrogens (tertiary/aromatic N) is 1. The number of rotatable bonds is 8. The molecule has 3 amide bonds. The minimum Gasteiger partial charge on any atom is -0.493 e. The fraction of sp³-hybridized carbons (Fsp3) is 0.261. The monoisotopic (exact) mass is 566 g/mol. The van der Waals surface area contributed by atoms with Crippen LogP contribution >= 0.6 is 34.4 Å². The minimum atomic E-state index is -0.291. The van der Waals surface area contributed by atoms with Gasteiger partial charge in [-0.3, -0.25) is 19.3 Å². The van der Waals surface area contributed by atoms with Gasteiger partial charge in [0.15, 0.2) is 18.1 Å². The summed E-state index contributed by atoms with van der Waals surface area (Å²) in [4.78, 5) is 38.4. The lowest BCUT2D eigenvalue weighted by molar-refractivity contribution is -0.122. The second-order valence-electron chi connectivity index (χ2n) is 7.07. The van der Waals surface area contributed by atoms with Crippen molar-refractivity contribution < 1.29 is 23.9 Å². The number of hydrogen-bond donors (Lipinski definition) is 1. The Balaban J connectivity index is 1.72. The standard InChI is InChI=1S/C23H23IN2O5S/c1-4-9-26-22(28)19(32-23(26)29)12-15-10-17(24)21(18(11-15)30-3)31-13-20(27)25-16-7-5-14(2)6-8-16/h5-8,10-12H,4,9,13H2,1-3H3,(H,25,27)/b19-12+. The van der Waals surface area contributed by atoms with Gasteiger partial charge in [-0.1, -0.05) is 24.6 Å². The van der Waals surface area contributed by atoms with Crippen LogP contribution in [0.3, 0.4) is 0 Å². The van der Waals surface area contributed by atoms with Crippen molar-refractivity contribution in [2.75, 3.05) is 25.6 Å². The van der Waals surface area contributed by atoms with Crippen molar-refractivity contribution in [1.29, 1.82) is 0 Å². The maximum atomic E-state index is 12.5. The van der Waals surface area contributed by atoms with Gasteiger partial charge in [-0.05, 0) is 83.6 Å². The van der Waals surface area contributed by atoms with Gasteiger partial charge in [0.1, 0.15) is 0 Å². The fourth-order valence-corrected chi connectivity index (χ4v) is 4.65. The van der Waals surface area contributed by atoms with Crippen LogP contribution in [0.25, 0.3) is 6.08 Å². The maximum absolute atomic E-state index is 12.5. The molecule has 1 fully saturated rings. The maximum Gasteiger partial charge on any atom is 0.293 e. The molecule has 2 aromatic carbocycles. The van der Waals surface area contributed by atoms with Crippen LogP contribution in [0.5, 0.6) is 11.5 Å². The van der Waals surface area contributed by atoms with E-state index in [9.17, 15) is 14.4 Å². The van der Waals surface area contributed by atoms with E-state index in [-0.39, 0.29) is 23.7 Å². The number of hydrogen-bond acceptors (Lipinski definition) is 6. The molecule has 0 aliphatic carbocycles. The zero-order valence-corrected chi connectivity index (χ0v) is 20.9. The number of thioether (sulfide) groups is 1. The Labute approximate surface area is 204 Å².